The average Bonchev–Trinajstić information content (AvgIpc) is 2.40. The Morgan fingerprint density at radius 2 is 1.95 bits per heavy atom. The van der Waals surface area contributed by atoms with Crippen LogP contribution in [0.1, 0.15) is 30.0 Å². The molecule has 20 heavy (non-hydrogen) atoms. The van der Waals surface area contributed by atoms with Crippen molar-refractivity contribution in [2.75, 3.05) is 0 Å². The van der Waals surface area contributed by atoms with Crippen LogP contribution in [0, 0.1) is 6.92 Å². The number of pyridine rings is 1. The van der Waals surface area contributed by atoms with Crippen LogP contribution < -0.4 is 0 Å². The van der Waals surface area contributed by atoms with E-state index in [1.54, 1.807) is 6.20 Å². The molecule has 0 fully saturated rings. The zero-order chi connectivity index (χ0) is 14.5. The summed E-state index contributed by atoms with van der Waals surface area (Å²) in [4.78, 5) is 15.0. The third-order valence-corrected chi connectivity index (χ3v) is 3.29. The average molecular weight is 269 g/mol. The largest absolute Gasteiger partial charge is 0.481 e. The lowest BCUT2D eigenvalue weighted by Gasteiger charge is -2.08. The van der Waals surface area contributed by atoms with Crippen LogP contribution in [0.25, 0.3) is 11.3 Å². The van der Waals surface area contributed by atoms with Gasteiger partial charge in [-0.15, -0.1) is 0 Å². The van der Waals surface area contributed by atoms with Crippen molar-refractivity contribution < 1.29 is 9.90 Å². The minimum absolute atomic E-state index is 0.0156. The zero-order valence-electron chi connectivity index (χ0n) is 11.9. The lowest BCUT2D eigenvalue weighted by Crippen LogP contribution is -2.00. The van der Waals surface area contributed by atoms with E-state index < -0.39 is 5.97 Å². The van der Waals surface area contributed by atoms with Gasteiger partial charge in [0.05, 0.1) is 12.1 Å². The SMILES string of the molecule is CCCc1ccc(-c2ccc(CC(=O)O)cn2)c(C)c1. The smallest absolute Gasteiger partial charge is 0.307 e. The van der Waals surface area contributed by atoms with E-state index in [0.29, 0.717) is 0 Å². The zero-order valence-corrected chi connectivity index (χ0v) is 11.9. The first kappa shape index (κ1) is 14.3. The molecule has 1 heterocycles. The van der Waals surface area contributed by atoms with E-state index in [2.05, 4.69) is 37.0 Å². The number of hydrogen-bond donors (Lipinski definition) is 1. The van der Waals surface area contributed by atoms with Crippen LogP contribution in [0.15, 0.2) is 36.5 Å². The van der Waals surface area contributed by atoms with Gasteiger partial charge >= 0.3 is 5.97 Å². The molecule has 0 radical (unpaired) electrons. The Morgan fingerprint density at radius 3 is 2.50 bits per heavy atom. The maximum absolute atomic E-state index is 10.6. The van der Waals surface area contributed by atoms with Gasteiger partial charge in [-0.2, -0.15) is 0 Å². The molecular formula is C17H19NO2. The molecular weight excluding hydrogens is 250 g/mol. The van der Waals surface area contributed by atoms with E-state index in [-0.39, 0.29) is 6.42 Å². The molecule has 0 spiro atoms. The Labute approximate surface area is 119 Å². The Balaban J connectivity index is 2.25. The molecule has 104 valence electrons. The lowest BCUT2D eigenvalue weighted by atomic mass is 9.99. The van der Waals surface area contributed by atoms with Gasteiger partial charge in [0.15, 0.2) is 0 Å². The Morgan fingerprint density at radius 1 is 1.20 bits per heavy atom. The molecule has 0 bridgehead atoms. The maximum Gasteiger partial charge on any atom is 0.307 e. The second-order valence-electron chi connectivity index (χ2n) is 5.02. The van der Waals surface area contributed by atoms with E-state index in [1.807, 2.05) is 12.1 Å². The first-order valence-corrected chi connectivity index (χ1v) is 6.86. The number of aromatic nitrogens is 1. The third kappa shape index (κ3) is 3.44. The fourth-order valence-corrected chi connectivity index (χ4v) is 2.32. The van der Waals surface area contributed by atoms with E-state index in [4.69, 9.17) is 5.11 Å². The van der Waals surface area contributed by atoms with Crippen LogP contribution >= 0.6 is 0 Å². The van der Waals surface area contributed by atoms with E-state index >= 15 is 0 Å². The minimum atomic E-state index is -0.834. The summed E-state index contributed by atoms with van der Waals surface area (Å²) in [5, 5.41) is 8.75. The standard InChI is InChI=1S/C17H19NO2/c1-3-4-13-5-7-15(12(2)9-13)16-8-6-14(11-18-16)10-17(19)20/h5-9,11H,3-4,10H2,1-2H3,(H,19,20). The van der Waals surface area contributed by atoms with Crippen molar-refractivity contribution in [3.63, 3.8) is 0 Å². The predicted octanol–water partition coefficient (Wildman–Crippen LogP) is 3.64. The molecule has 3 heteroatoms. The van der Waals surface area contributed by atoms with Crippen molar-refractivity contribution in [3.05, 3.63) is 53.2 Å². The van der Waals surface area contributed by atoms with Gasteiger partial charge in [-0.25, -0.2) is 0 Å². The highest BCUT2D eigenvalue weighted by atomic mass is 16.4. The maximum atomic E-state index is 10.6. The molecule has 2 aromatic rings. The van der Waals surface area contributed by atoms with Crippen LogP contribution in [-0.4, -0.2) is 16.1 Å². The molecule has 1 aromatic heterocycles. The van der Waals surface area contributed by atoms with Gasteiger partial charge in [0, 0.05) is 11.8 Å². The van der Waals surface area contributed by atoms with Gasteiger partial charge in [-0.1, -0.05) is 37.6 Å². The Kier molecular flexibility index (Phi) is 4.51. The quantitative estimate of drug-likeness (QED) is 0.901. The number of nitrogens with zero attached hydrogens (tertiary/aromatic N) is 1. The summed E-state index contributed by atoms with van der Waals surface area (Å²) < 4.78 is 0. The van der Waals surface area contributed by atoms with E-state index in [9.17, 15) is 4.79 Å². The molecule has 0 saturated heterocycles. The predicted molar refractivity (Wildman–Crippen MR) is 79.7 cm³/mol. The Hall–Kier alpha value is -2.16. The molecule has 1 aromatic carbocycles. The summed E-state index contributed by atoms with van der Waals surface area (Å²) in [5.41, 5.74) is 5.26. The van der Waals surface area contributed by atoms with Crippen molar-refractivity contribution in [2.24, 2.45) is 0 Å². The molecule has 1 N–H and O–H groups in total. The fourth-order valence-electron chi connectivity index (χ4n) is 2.32. The number of hydrogen-bond acceptors (Lipinski definition) is 2. The monoisotopic (exact) mass is 269 g/mol. The Bertz CT molecular complexity index is 603. The molecule has 0 atom stereocenters. The van der Waals surface area contributed by atoms with Crippen molar-refractivity contribution in [1.82, 2.24) is 4.98 Å². The highest BCUT2D eigenvalue weighted by Crippen LogP contribution is 2.23. The van der Waals surface area contributed by atoms with Crippen molar-refractivity contribution in [2.45, 2.75) is 33.1 Å². The topological polar surface area (TPSA) is 50.2 Å². The van der Waals surface area contributed by atoms with Crippen LogP contribution in [-0.2, 0) is 17.6 Å². The molecule has 0 amide bonds. The van der Waals surface area contributed by atoms with Crippen molar-refractivity contribution in [3.8, 4) is 11.3 Å². The first-order chi connectivity index (χ1) is 9.60. The van der Waals surface area contributed by atoms with Gasteiger partial charge in [-0.05, 0) is 36.1 Å². The summed E-state index contributed by atoms with van der Waals surface area (Å²) in [6.45, 7) is 4.26. The molecule has 2 rings (SSSR count). The summed E-state index contributed by atoms with van der Waals surface area (Å²) >= 11 is 0. The number of aliphatic carboxylic acids is 1. The van der Waals surface area contributed by atoms with Gasteiger partial charge in [0.2, 0.25) is 0 Å². The first-order valence-electron chi connectivity index (χ1n) is 6.86. The number of benzene rings is 1. The number of aryl methyl sites for hydroxylation is 2. The van der Waals surface area contributed by atoms with Crippen LogP contribution in [0.5, 0.6) is 0 Å². The van der Waals surface area contributed by atoms with Gasteiger partial charge < -0.3 is 5.11 Å². The number of carboxylic acid groups (broad SMARTS) is 1. The number of carboxylic acids is 1. The summed E-state index contributed by atoms with van der Waals surface area (Å²) in [6.07, 6.45) is 3.89. The molecule has 0 aliphatic carbocycles. The molecule has 0 saturated carbocycles. The highest BCUT2D eigenvalue weighted by molar-refractivity contribution is 5.70. The fraction of sp³-hybridized carbons (Fsp3) is 0.294. The highest BCUT2D eigenvalue weighted by Gasteiger charge is 2.06. The van der Waals surface area contributed by atoms with Gasteiger partial charge in [0.1, 0.15) is 0 Å². The minimum Gasteiger partial charge on any atom is -0.481 e. The normalized spacial score (nSPS) is 10.5. The molecule has 3 nitrogen and oxygen atoms in total. The second kappa shape index (κ2) is 6.33. The molecule has 0 aliphatic rings. The van der Waals surface area contributed by atoms with Crippen molar-refractivity contribution >= 4 is 5.97 Å². The van der Waals surface area contributed by atoms with Crippen LogP contribution in [0.3, 0.4) is 0 Å². The number of rotatable bonds is 5. The van der Waals surface area contributed by atoms with Gasteiger partial charge in [0.25, 0.3) is 0 Å². The third-order valence-electron chi connectivity index (χ3n) is 3.29. The summed E-state index contributed by atoms with van der Waals surface area (Å²) in [5.74, 6) is -0.834. The van der Waals surface area contributed by atoms with Crippen LogP contribution in [0.4, 0.5) is 0 Å². The lowest BCUT2D eigenvalue weighted by molar-refractivity contribution is -0.136. The van der Waals surface area contributed by atoms with Crippen LogP contribution in [0.2, 0.25) is 0 Å². The second-order valence-corrected chi connectivity index (χ2v) is 5.02. The molecule has 0 aliphatic heterocycles. The van der Waals surface area contributed by atoms with Gasteiger partial charge in [-0.3, -0.25) is 9.78 Å². The molecule has 0 unspecified atom stereocenters. The van der Waals surface area contributed by atoms with Crippen molar-refractivity contribution in [1.29, 1.82) is 0 Å². The summed E-state index contributed by atoms with van der Waals surface area (Å²) in [6, 6.07) is 10.2. The summed E-state index contributed by atoms with van der Waals surface area (Å²) in [7, 11) is 0. The van der Waals surface area contributed by atoms with E-state index in [1.165, 1.54) is 11.1 Å². The van der Waals surface area contributed by atoms with E-state index in [0.717, 1.165) is 29.7 Å². The number of carbonyl (C=O) groups is 1.